The zero-order valence-corrected chi connectivity index (χ0v) is 8.20. The molecule has 0 saturated heterocycles. The zero-order valence-electron chi connectivity index (χ0n) is 7.38. The molecule has 6 heteroatoms. The van der Waals surface area contributed by atoms with Gasteiger partial charge in [-0.05, 0) is 0 Å². The van der Waals surface area contributed by atoms with Crippen molar-refractivity contribution in [3.8, 4) is 0 Å². The summed E-state index contributed by atoms with van der Waals surface area (Å²) in [5.41, 5.74) is 0. The number of rotatable bonds is 4. The maximum atomic E-state index is 10.9. The van der Waals surface area contributed by atoms with E-state index in [1.54, 1.807) is 6.08 Å². The molecule has 0 aromatic rings. The summed E-state index contributed by atoms with van der Waals surface area (Å²) in [6.07, 6.45) is 4.01. The molecule has 0 aliphatic carbocycles. The van der Waals surface area contributed by atoms with Crippen molar-refractivity contribution in [1.29, 1.82) is 0 Å². The molecule has 78 valence electrons. The van der Waals surface area contributed by atoms with Gasteiger partial charge in [0.2, 0.25) is 0 Å². The molecular weight excluding hydrogens is 206 g/mol. The number of nitrogens with one attached hydrogen (secondary N) is 1. The average molecular weight is 217 g/mol. The molecule has 0 saturated carbocycles. The van der Waals surface area contributed by atoms with Crippen LogP contribution < -0.4 is 5.32 Å². The molecule has 5 nitrogen and oxygen atoms in total. The first-order chi connectivity index (χ1) is 6.49. The third kappa shape index (κ3) is 3.71. The molecular formula is C8H11NO4S. The van der Waals surface area contributed by atoms with Gasteiger partial charge in [0, 0.05) is 24.1 Å². The van der Waals surface area contributed by atoms with Gasteiger partial charge >= 0.3 is 5.97 Å². The topological polar surface area (TPSA) is 83.5 Å². The summed E-state index contributed by atoms with van der Waals surface area (Å²) < 4.78 is 21.9. The number of sulfone groups is 1. The number of aliphatic carboxylic acids is 1. The van der Waals surface area contributed by atoms with Gasteiger partial charge in [-0.2, -0.15) is 0 Å². The monoisotopic (exact) mass is 217 g/mol. The molecule has 1 atom stereocenters. The van der Waals surface area contributed by atoms with Gasteiger partial charge in [0.15, 0.2) is 9.84 Å². The van der Waals surface area contributed by atoms with Crippen LogP contribution in [-0.2, 0) is 14.6 Å². The molecule has 0 aromatic heterocycles. The van der Waals surface area contributed by atoms with Crippen molar-refractivity contribution >= 4 is 15.8 Å². The second kappa shape index (κ2) is 4.39. The Morgan fingerprint density at radius 2 is 2.36 bits per heavy atom. The number of hydrogen-bond acceptors (Lipinski definition) is 4. The standard InChI is InChI=1S/C8H11NO4S/c10-8(11)2-1-4-9-7-3-5-14(12,13)6-7/h1-3,5,7,9H,4,6H2,(H,10,11)/b2-1+. The normalized spacial score (nSPS) is 24.4. The van der Waals surface area contributed by atoms with Crippen LogP contribution in [0, 0.1) is 0 Å². The Kier molecular flexibility index (Phi) is 3.43. The molecule has 1 aliphatic heterocycles. The van der Waals surface area contributed by atoms with Crippen LogP contribution in [0.4, 0.5) is 0 Å². The van der Waals surface area contributed by atoms with Gasteiger partial charge in [-0.25, -0.2) is 13.2 Å². The summed E-state index contributed by atoms with van der Waals surface area (Å²) in [6, 6.07) is -0.210. The van der Waals surface area contributed by atoms with E-state index in [1.807, 2.05) is 0 Å². The molecule has 1 aliphatic rings. The maximum Gasteiger partial charge on any atom is 0.328 e. The van der Waals surface area contributed by atoms with E-state index in [2.05, 4.69) is 5.32 Å². The van der Waals surface area contributed by atoms with E-state index in [0.717, 1.165) is 6.08 Å². The van der Waals surface area contributed by atoms with E-state index in [4.69, 9.17) is 5.11 Å². The van der Waals surface area contributed by atoms with Crippen LogP contribution in [-0.4, -0.2) is 37.8 Å². The molecule has 1 heterocycles. The fourth-order valence-corrected chi connectivity index (χ4v) is 2.35. The summed E-state index contributed by atoms with van der Waals surface area (Å²) in [5.74, 6) is -0.963. The van der Waals surface area contributed by atoms with Crippen LogP contribution >= 0.6 is 0 Å². The summed E-state index contributed by atoms with van der Waals surface area (Å²) in [6.45, 7) is 0.344. The highest BCUT2D eigenvalue weighted by atomic mass is 32.2. The predicted octanol–water partition coefficient (Wildman–Crippen LogP) is -0.472. The van der Waals surface area contributed by atoms with Crippen molar-refractivity contribution in [2.24, 2.45) is 0 Å². The van der Waals surface area contributed by atoms with Gasteiger partial charge in [0.05, 0.1) is 5.75 Å². The quantitative estimate of drug-likeness (QED) is 0.622. The van der Waals surface area contributed by atoms with E-state index in [-0.39, 0.29) is 11.8 Å². The van der Waals surface area contributed by atoms with Gasteiger partial charge in [-0.1, -0.05) is 12.2 Å². The maximum absolute atomic E-state index is 10.9. The first-order valence-corrected chi connectivity index (χ1v) is 5.75. The Balaban J connectivity index is 2.29. The van der Waals surface area contributed by atoms with Crippen molar-refractivity contribution in [2.45, 2.75) is 6.04 Å². The molecule has 1 rings (SSSR count). The lowest BCUT2D eigenvalue weighted by atomic mass is 10.3. The molecule has 0 fully saturated rings. The highest BCUT2D eigenvalue weighted by molar-refractivity contribution is 7.94. The van der Waals surface area contributed by atoms with Gasteiger partial charge in [0.25, 0.3) is 0 Å². The molecule has 0 amide bonds. The summed E-state index contributed by atoms with van der Waals surface area (Å²) in [5, 5.41) is 12.3. The molecule has 0 aromatic carbocycles. The number of hydrogen-bond donors (Lipinski definition) is 2. The van der Waals surface area contributed by atoms with Crippen LogP contribution in [0.1, 0.15) is 0 Å². The SMILES string of the molecule is O=C(O)/C=C/CNC1C=CS(=O)(=O)C1. The lowest BCUT2D eigenvalue weighted by Crippen LogP contribution is -2.30. The van der Waals surface area contributed by atoms with E-state index >= 15 is 0 Å². The summed E-state index contributed by atoms with van der Waals surface area (Å²) in [4.78, 5) is 10.1. The number of carbonyl (C=O) groups is 1. The summed E-state index contributed by atoms with van der Waals surface area (Å²) in [7, 11) is -3.03. The molecule has 14 heavy (non-hydrogen) atoms. The fourth-order valence-electron chi connectivity index (χ4n) is 1.08. The van der Waals surface area contributed by atoms with Crippen molar-refractivity contribution in [2.75, 3.05) is 12.3 Å². The highest BCUT2D eigenvalue weighted by Crippen LogP contribution is 2.07. The lowest BCUT2D eigenvalue weighted by Gasteiger charge is -2.05. The average Bonchev–Trinajstić information content (AvgIpc) is 2.39. The van der Waals surface area contributed by atoms with Crippen LogP contribution in [0.3, 0.4) is 0 Å². The lowest BCUT2D eigenvalue weighted by molar-refractivity contribution is -0.131. The van der Waals surface area contributed by atoms with Crippen molar-refractivity contribution in [1.82, 2.24) is 5.32 Å². The fraction of sp³-hybridized carbons (Fsp3) is 0.375. The second-order valence-corrected chi connectivity index (χ2v) is 4.84. The van der Waals surface area contributed by atoms with Crippen LogP contribution in [0.5, 0.6) is 0 Å². The minimum Gasteiger partial charge on any atom is -0.478 e. The smallest absolute Gasteiger partial charge is 0.328 e. The molecule has 0 spiro atoms. The summed E-state index contributed by atoms with van der Waals surface area (Å²) >= 11 is 0. The molecule has 1 unspecified atom stereocenters. The second-order valence-electron chi connectivity index (χ2n) is 2.91. The third-order valence-corrected chi connectivity index (χ3v) is 3.08. The molecule has 0 radical (unpaired) electrons. The predicted molar refractivity (Wildman–Crippen MR) is 51.5 cm³/mol. The minimum atomic E-state index is -3.03. The van der Waals surface area contributed by atoms with Crippen molar-refractivity contribution < 1.29 is 18.3 Å². The first-order valence-electron chi connectivity index (χ1n) is 4.03. The van der Waals surface area contributed by atoms with E-state index in [1.165, 1.54) is 11.5 Å². The molecule has 0 bridgehead atoms. The van der Waals surface area contributed by atoms with E-state index in [0.29, 0.717) is 6.54 Å². The van der Waals surface area contributed by atoms with E-state index in [9.17, 15) is 13.2 Å². The van der Waals surface area contributed by atoms with Gasteiger partial charge in [-0.15, -0.1) is 0 Å². The Morgan fingerprint density at radius 1 is 1.64 bits per heavy atom. The Morgan fingerprint density at radius 3 is 2.86 bits per heavy atom. The van der Waals surface area contributed by atoms with Crippen LogP contribution in [0.25, 0.3) is 0 Å². The van der Waals surface area contributed by atoms with Gasteiger partial charge in [0.1, 0.15) is 0 Å². The largest absolute Gasteiger partial charge is 0.478 e. The van der Waals surface area contributed by atoms with Crippen molar-refractivity contribution in [3.05, 3.63) is 23.6 Å². The molecule has 2 N–H and O–H groups in total. The highest BCUT2D eigenvalue weighted by Gasteiger charge is 2.20. The van der Waals surface area contributed by atoms with Crippen molar-refractivity contribution in [3.63, 3.8) is 0 Å². The third-order valence-electron chi connectivity index (χ3n) is 1.69. The Labute approximate surface area is 82.0 Å². The van der Waals surface area contributed by atoms with Gasteiger partial charge in [-0.3, -0.25) is 0 Å². The number of carboxylic acid groups (broad SMARTS) is 1. The zero-order chi connectivity index (χ0) is 10.6. The van der Waals surface area contributed by atoms with Gasteiger partial charge < -0.3 is 10.4 Å². The minimum absolute atomic E-state index is 0.0495. The van der Waals surface area contributed by atoms with E-state index < -0.39 is 15.8 Å². The first kappa shape index (κ1) is 10.9. The Bertz CT molecular complexity index is 369. The van der Waals surface area contributed by atoms with Crippen LogP contribution in [0.15, 0.2) is 23.6 Å². The van der Waals surface area contributed by atoms with Crippen LogP contribution in [0.2, 0.25) is 0 Å². The Hall–Kier alpha value is -1.14. The number of carboxylic acids is 1.